The predicted octanol–water partition coefficient (Wildman–Crippen LogP) is 5.59. The summed E-state index contributed by atoms with van der Waals surface area (Å²) in [6.07, 6.45) is -4.02. The predicted molar refractivity (Wildman–Crippen MR) is 115 cm³/mol. The molecule has 10 heteroatoms. The fourth-order valence-electron chi connectivity index (χ4n) is 3.47. The van der Waals surface area contributed by atoms with E-state index in [1.807, 2.05) is 13.0 Å². The molecule has 6 nitrogen and oxygen atoms in total. The summed E-state index contributed by atoms with van der Waals surface area (Å²) in [6.45, 7) is 3.54. The SMILES string of the molecule is CCc1nn2c(C)c(C(=O)Nc3ccccc3C(F)(F)F)nnc2c1-c1cccc(Cl)c1. The minimum atomic E-state index is -4.61. The highest BCUT2D eigenvalue weighted by Crippen LogP contribution is 2.35. The Morgan fingerprint density at radius 3 is 2.56 bits per heavy atom. The van der Waals surface area contributed by atoms with Gasteiger partial charge in [0.25, 0.3) is 5.91 Å². The number of aryl methyl sites for hydroxylation is 2. The topological polar surface area (TPSA) is 72.2 Å². The van der Waals surface area contributed by atoms with Crippen LogP contribution in [-0.4, -0.2) is 25.7 Å². The molecule has 32 heavy (non-hydrogen) atoms. The maximum atomic E-state index is 13.3. The Labute approximate surface area is 186 Å². The zero-order valence-electron chi connectivity index (χ0n) is 17.0. The Kier molecular flexibility index (Phi) is 5.60. The first kappa shape index (κ1) is 21.8. The summed E-state index contributed by atoms with van der Waals surface area (Å²) in [4.78, 5) is 12.8. The Morgan fingerprint density at radius 2 is 1.88 bits per heavy atom. The summed E-state index contributed by atoms with van der Waals surface area (Å²) in [7, 11) is 0. The molecular formula is C22H17ClF3N5O. The number of anilines is 1. The minimum absolute atomic E-state index is 0.128. The van der Waals surface area contributed by atoms with Crippen LogP contribution in [0.1, 0.15) is 34.4 Å². The Hall–Kier alpha value is -3.46. The van der Waals surface area contributed by atoms with Crippen molar-refractivity contribution in [1.82, 2.24) is 19.8 Å². The number of nitrogens with zero attached hydrogens (tertiary/aromatic N) is 4. The third-order valence-corrected chi connectivity index (χ3v) is 5.22. The van der Waals surface area contributed by atoms with E-state index >= 15 is 0 Å². The quantitative estimate of drug-likeness (QED) is 0.432. The molecule has 1 N–H and O–H groups in total. The molecule has 1 amide bonds. The van der Waals surface area contributed by atoms with Crippen molar-refractivity contribution in [2.24, 2.45) is 0 Å². The second kappa shape index (κ2) is 8.23. The summed E-state index contributed by atoms with van der Waals surface area (Å²) in [5.74, 6) is -0.813. The van der Waals surface area contributed by atoms with Crippen LogP contribution in [0.15, 0.2) is 48.5 Å². The maximum Gasteiger partial charge on any atom is 0.418 e. The minimum Gasteiger partial charge on any atom is -0.320 e. The van der Waals surface area contributed by atoms with Gasteiger partial charge in [-0.05, 0) is 43.2 Å². The van der Waals surface area contributed by atoms with Crippen molar-refractivity contribution < 1.29 is 18.0 Å². The summed E-state index contributed by atoms with van der Waals surface area (Å²) >= 11 is 6.13. The molecule has 2 heterocycles. The molecule has 164 valence electrons. The number of benzene rings is 2. The fourth-order valence-corrected chi connectivity index (χ4v) is 3.66. The first-order chi connectivity index (χ1) is 15.2. The van der Waals surface area contributed by atoms with Gasteiger partial charge >= 0.3 is 6.18 Å². The number of nitrogens with one attached hydrogen (secondary N) is 1. The second-order valence-corrected chi connectivity index (χ2v) is 7.49. The van der Waals surface area contributed by atoms with Gasteiger partial charge < -0.3 is 5.32 Å². The van der Waals surface area contributed by atoms with E-state index in [2.05, 4.69) is 20.6 Å². The molecule has 0 unspecified atom stereocenters. The number of para-hydroxylation sites is 1. The number of hydrogen-bond donors (Lipinski definition) is 1. The van der Waals surface area contributed by atoms with E-state index in [1.54, 1.807) is 25.1 Å². The lowest BCUT2D eigenvalue weighted by molar-refractivity contribution is -0.136. The fraction of sp³-hybridized carbons (Fsp3) is 0.182. The third-order valence-electron chi connectivity index (χ3n) is 4.98. The molecule has 2 aromatic heterocycles. The Bertz CT molecular complexity index is 1330. The van der Waals surface area contributed by atoms with Crippen LogP contribution in [0.5, 0.6) is 0 Å². The molecule has 0 aliphatic carbocycles. The molecule has 0 saturated carbocycles. The lowest BCUT2D eigenvalue weighted by Crippen LogP contribution is -2.20. The summed E-state index contributed by atoms with van der Waals surface area (Å²) in [5, 5.41) is 15.6. The second-order valence-electron chi connectivity index (χ2n) is 7.05. The first-order valence-corrected chi connectivity index (χ1v) is 10.1. The van der Waals surface area contributed by atoms with Crippen molar-refractivity contribution in [1.29, 1.82) is 0 Å². The highest BCUT2D eigenvalue weighted by molar-refractivity contribution is 6.30. The molecule has 0 atom stereocenters. The van der Waals surface area contributed by atoms with Crippen molar-refractivity contribution >= 4 is 28.8 Å². The molecule has 0 aliphatic rings. The average molecular weight is 460 g/mol. The molecule has 4 aromatic rings. The zero-order chi connectivity index (χ0) is 23.0. The van der Waals surface area contributed by atoms with Gasteiger partial charge in [0.2, 0.25) is 0 Å². The van der Waals surface area contributed by atoms with E-state index in [4.69, 9.17) is 11.6 Å². The van der Waals surface area contributed by atoms with Gasteiger partial charge in [-0.2, -0.15) is 18.3 Å². The van der Waals surface area contributed by atoms with E-state index in [-0.39, 0.29) is 11.4 Å². The smallest absolute Gasteiger partial charge is 0.320 e. The molecule has 0 aliphatic heterocycles. The highest BCUT2D eigenvalue weighted by Gasteiger charge is 2.34. The van der Waals surface area contributed by atoms with Gasteiger partial charge in [0, 0.05) is 5.02 Å². The molecule has 0 radical (unpaired) electrons. The first-order valence-electron chi connectivity index (χ1n) is 9.69. The van der Waals surface area contributed by atoms with Crippen LogP contribution in [-0.2, 0) is 12.6 Å². The number of carbonyl (C=O) groups is 1. The number of carbonyl (C=O) groups excluding carboxylic acids is 1. The lowest BCUT2D eigenvalue weighted by atomic mass is 10.0. The van der Waals surface area contributed by atoms with Crippen molar-refractivity contribution in [3.05, 3.63) is 76.2 Å². The number of alkyl halides is 3. The largest absolute Gasteiger partial charge is 0.418 e. The van der Waals surface area contributed by atoms with Gasteiger partial charge in [-0.3, -0.25) is 4.79 Å². The van der Waals surface area contributed by atoms with Gasteiger partial charge in [-0.25, -0.2) is 4.52 Å². The van der Waals surface area contributed by atoms with Crippen LogP contribution < -0.4 is 5.32 Å². The number of fused-ring (bicyclic) bond motifs is 1. The Morgan fingerprint density at radius 1 is 1.12 bits per heavy atom. The van der Waals surface area contributed by atoms with Crippen LogP contribution in [0.3, 0.4) is 0 Å². The van der Waals surface area contributed by atoms with Crippen LogP contribution in [0.4, 0.5) is 18.9 Å². The highest BCUT2D eigenvalue weighted by atomic mass is 35.5. The monoisotopic (exact) mass is 459 g/mol. The standard InChI is InChI=1S/C22H17ClF3N5O/c1-3-16-18(13-7-6-8-14(23)11-13)20-29-28-19(12(2)31(20)30-16)21(32)27-17-10-5-4-9-15(17)22(24,25)26/h4-11H,3H2,1-2H3,(H,27,32). The van der Waals surface area contributed by atoms with Crippen LogP contribution in [0.2, 0.25) is 5.02 Å². The van der Waals surface area contributed by atoms with Crippen molar-refractivity contribution in [2.75, 3.05) is 5.32 Å². The Balaban J connectivity index is 1.78. The third kappa shape index (κ3) is 3.91. The van der Waals surface area contributed by atoms with Crippen molar-refractivity contribution in [2.45, 2.75) is 26.4 Å². The summed E-state index contributed by atoms with van der Waals surface area (Å²) < 4.78 is 41.3. The molecule has 0 bridgehead atoms. The molecular weight excluding hydrogens is 443 g/mol. The van der Waals surface area contributed by atoms with Crippen LogP contribution in [0.25, 0.3) is 16.8 Å². The number of halogens is 4. The molecule has 4 rings (SSSR count). The number of amides is 1. The van der Waals surface area contributed by atoms with Gasteiger partial charge in [-0.1, -0.05) is 42.8 Å². The number of hydrogen-bond acceptors (Lipinski definition) is 4. The van der Waals surface area contributed by atoms with Gasteiger partial charge in [0.05, 0.1) is 28.2 Å². The van der Waals surface area contributed by atoms with E-state index in [0.717, 1.165) is 22.9 Å². The number of aromatic nitrogens is 4. The van der Waals surface area contributed by atoms with E-state index in [0.29, 0.717) is 22.8 Å². The maximum absolute atomic E-state index is 13.3. The van der Waals surface area contributed by atoms with Gasteiger partial charge in [0.1, 0.15) is 0 Å². The van der Waals surface area contributed by atoms with Gasteiger partial charge in [0.15, 0.2) is 11.3 Å². The van der Waals surface area contributed by atoms with Crippen molar-refractivity contribution in [3.63, 3.8) is 0 Å². The van der Waals surface area contributed by atoms with Crippen molar-refractivity contribution in [3.8, 4) is 11.1 Å². The lowest BCUT2D eigenvalue weighted by Gasteiger charge is -2.13. The molecule has 2 aromatic carbocycles. The van der Waals surface area contributed by atoms with E-state index < -0.39 is 17.6 Å². The van der Waals surface area contributed by atoms with Crippen LogP contribution in [0, 0.1) is 6.92 Å². The van der Waals surface area contributed by atoms with E-state index in [1.165, 1.54) is 22.7 Å². The normalized spacial score (nSPS) is 11.7. The zero-order valence-corrected chi connectivity index (χ0v) is 17.8. The average Bonchev–Trinajstić information content (AvgIpc) is 3.13. The van der Waals surface area contributed by atoms with Gasteiger partial charge in [-0.15, -0.1) is 10.2 Å². The number of rotatable bonds is 4. The molecule has 0 fully saturated rings. The molecule has 0 spiro atoms. The van der Waals surface area contributed by atoms with E-state index in [9.17, 15) is 18.0 Å². The summed E-state index contributed by atoms with van der Waals surface area (Å²) in [5.41, 5.74) is 1.60. The molecule has 0 saturated heterocycles. The summed E-state index contributed by atoms with van der Waals surface area (Å²) in [6, 6.07) is 11.9. The van der Waals surface area contributed by atoms with Crippen LogP contribution >= 0.6 is 11.6 Å².